The molecule has 5 rings (SSSR count). The summed E-state index contributed by atoms with van der Waals surface area (Å²) in [6, 6.07) is 12.2. The monoisotopic (exact) mass is 447 g/mol. The van der Waals surface area contributed by atoms with E-state index in [1.54, 1.807) is 13.2 Å². The summed E-state index contributed by atoms with van der Waals surface area (Å²) in [5.74, 6) is 0.353. The third-order valence-corrected chi connectivity index (χ3v) is 6.81. The molecular weight excluding hydrogens is 426 g/mol. The number of amides is 1. The highest BCUT2D eigenvalue weighted by Crippen LogP contribution is 2.42. The van der Waals surface area contributed by atoms with Gasteiger partial charge in [0, 0.05) is 0 Å². The Labute approximate surface area is 188 Å². The number of rotatable bonds is 5. The molecule has 0 aliphatic carbocycles. The lowest BCUT2D eigenvalue weighted by Gasteiger charge is -2.22. The Kier molecular flexibility index (Phi) is 5.01. The normalized spacial score (nSPS) is 15.4. The molecule has 0 fully saturated rings. The summed E-state index contributed by atoms with van der Waals surface area (Å²) in [4.78, 5) is 28.7. The molecule has 3 heterocycles. The second-order valence-corrected chi connectivity index (χ2v) is 8.58. The van der Waals surface area contributed by atoms with Crippen LogP contribution >= 0.6 is 11.3 Å². The van der Waals surface area contributed by atoms with Crippen molar-refractivity contribution >= 4 is 33.3 Å². The molecule has 1 atom stereocenters. The summed E-state index contributed by atoms with van der Waals surface area (Å²) in [6.45, 7) is 4.01. The Morgan fingerprint density at radius 2 is 1.84 bits per heavy atom. The largest absolute Gasteiger partial charge is 0.497 e. The van der Waals surface area contributed by atoms with E-state index in [9.17, 15) is 9.59 Å². The molecule has 1 unspecified atom stereocenters. The number of methoxy groups -OCH3 is 1. The average Bonchev–Trinajstić information content (AvgIpc) is 3.41. The van der Waals surface area contributed by atoms with Gasteiger partial charge in [-0.3, -0.25) is 14.5 Å². The maximum atomic E-state index is 13.7. The van der Waals surface area contributed by atoms with Crippen LogP contribution in [0.5, 0.6) is 5.75 Å². The maximum Gasteiger partial charge on any atom is 0.297 e. The van der Waals surface area contributed by atoms with Crippen molar-refractivity contribution in [1.29, 1.82) is 0 Å². The van der Waals surface area contributed by atoms with E-state index in [1.807, 2.05) is 50.2 Å². The molecule has 4 aromatic rings. The fourth-order valence-electron chi connectivity index (χ4n) is 4.02. The molecule has 2 aromatic heterocycles. The zero-order chi connectivity index (χ0) is 22.4. The molecule has 2 aromatic carbocycles. The first kappa shape index (κ1) is 20.4. The van der Waals surface area contributed by atoms with Gasteiger partial charge in [-0.15, -0.1) is 10.2 Å². The quantitative estimate of drug-likeness (QED) is 0.447. The summed E-state index contributed by atoms with van der Waals surface area (Å²) in [6.07, 6.45) is 1.50. The van der Waals surface area contributed by atoms with Gasteiger partial charge in [0.1, 0.15) is 16.3 Å². The number of carbonyl (C=O) groups excluding carboxylic acids is 1. The molecule has 8 heteroatoms. The zero-order valence-corrected chi connectivity index (χ0v) is 18.7. The molecule has 1 aliphatic heterocycles. The van der Waals surface area contributed by atoms with E-state index in [1.165, 1.54) is 16.2 Å². The van der Waals surface area contributed by atoms with Crippen molar-refractivity contribution in [3.05, 3.63) is 80.1 Å². The minimum atomic E-state index is -0.660. The van der Waals surface area contributed by atoms with Crippen LogP contribution in [0.15, 0.2) is 51.7 Å². The van der Waals surface area contributed by atoms with Gasteiger partial charge >= 0.3 is 0 Å². The number of hydrogen-bond acceptors (Lipinski definition) is 7. The van der Waals surface area contributed by atoms with Gasteiger partial charge in [-0.2, -0.15) is 0 Å². The van der Waals surface area contributed by atoms with Crippen LogP contribution in [0.1, 0.15) is 52.1 Å². The standard InChI is InChI=1S/C24H21N3O4S/c1-4-13-6-11-17-16(12-13)21(28)19-20(14-7-9-15(30-3)10-8-14)27(23(29)22(19)31-17)24-26-25-18(5-2)32-24/h6-12,20H,4-5H2,1-3H3. The molecule has 1 aliphatic rings. The Balaban J connectivity index is 1.77. The van der Waals surface area contributed by atoms with Gasteiger partial charge in [0.2, 0.25) is 10.9 Å². The molecule has 0 bridgehead atoms. The summed E-state index contributed by atoms with van der Waals surface area (Å²) in [5.41, 5.74) is 2.33. The number of fused-ring (bicyclic) bond motifs is 2. The van der Waals surface area contributed by atoms with Gasteiger partial charge in [-0.05, 0) is 48.2 Å². The third-order valence-electron chi connectivity index (χ3n) is 5.74. The van der Waals surface area contributed by atoms with Gasteiger partial charge in [0.25, 0.3) is 5.91 Å². The van der Waals surface area contributed by atoms with E-state index in [0.717, 1.165) is 22.6 Å². The zero-order valence-electron chi connectivity index (χ0n) is 17.9. The van der Waals surface area contributed by atoms with Crippen molar-refractivity contribution in [2.75, 3.05) is 12.0 Å². The molecule has 0 radical (unpaired) electrons. The summed E-state index contributed by atoms with van der Waals surface area (Å²) >= 11 is 1.34. The molecule has 162 valence electrons. The fourth-order valence-corrected chi connectivity index (χ4v) is 4.83. The number of aryl methyl sites for hydroxylation is 2. The van der Waals surface area contributed by atoms with Crippen LogP contribution in [0, 0.1) is 0 Å². The van der Waals surface area contributed by atoms with Crippen molar-refractivity contribution in [2.45, 2.75) is 32.7 Å². The molecule has 0 spiro atoms. The molecule has 1 amide bonds. The van der Waals surface area contributed by atoms with Gasteiger partial charge in [0.15, 0.2) is 5.43 Å². The minimum absolute atomic E-state index is 0.0563. The first-order valence-electron chi connectivity index (χ1n) is 10.4. The Bertz CT molecular complexity index is 1390. The molecular formula is C24H21N3O4S. The number of aromatic nitrogens is 2. The predicted octanol–water partition coefficient (Wildman–Crippen LogP) is 4.53. The van der Waals surface area contributed by atoms with Crippen LogP contribution < -0.4 is 15.1 Å². The molecule has 0 N–H and O–H groups in total. The number of hydrogen-bond donors (Lipinski definition) is 0. The lowest BCUT2D eigenvalue weighted by Crippen LogP contribution is -2.29. The van der Waals surface area contributed by atoms with Crippen molar-refractivity contribution in [3.63, 3.8) is 0 Å². The second kappa shape index (κ2) is 7.87. The topological polar surface area (TPSA) is 85.5 Å². The van der Waals surface area contributed by atoms with Crippen LogP contribution in [-0.2, 0) is 12.8 Å². The van der Waals surface area contributed by atoms with Crippen LogP contribution in [0.4, 0.5) is 5.13 Å². The van der Waals surface area contributed by atoms with Crippen molar-refractivity contribution in [1.82, 2.24) is 10.2 Å². The van der Waals surface area contributed by atoms with Crippen LogP contribution in [0.25, 0.3) is 11.0 Å². The Morgan fingerprint density at radius 3 is 2.50 bits per heavy atom. The lowest BCUT2D eigenvalue weighted by molar-refractivity contribution is 0.0970. The number of carbonyl (C=O) groups is 1. The summed E-state index contributed by atoms with van der Waals surface area (Å²) in [7, 11) is 1.59. The second-order valence-electron chi connectivity index (χ2n) is 7.54. The summed E-state index contributed by atoms with van der Waals surface area (Å²) in [5, 5.41) is 10.2. The smallest absolute Gasteiger partial charge is 0.297 e. The average molecular weight is 448 g/mol. The molecule has 0 saturated carbocycles. The first-order chi connectivity index (χ1) is 15.5. The molecule has 32 heavy (non-hydrogen) atoms. The third kappa shape index (κ3) is 3.10. The van der Waals surface area contributed by atoms with E-state index < -0.39 is 11.9 Å². The molecule has 7 nitrogen and oxygen atoms in total. The molecule has 0 saturated heterocycles. The fraction of sp³-hybridized carbons (Fsp3) is 0.250. The summed E-state index contributed by atoms with van der Waals surface area (Å²) < 4.78 is 11.3. The van der Waals surface area contributed by atoms with E-state index in [0.29, 0.717) is 33.8 Å². The number of ether oxygens (including phenoxy) is 1. The van der Waals surface area contributed by atoms with E-state index in [-0.39, 0.29) is 11.2 Å². The van der Waals surface area contributed by atoms with Crippen molar-refractivity contribution in [2.24, 2.45) is 0 Å². The van der Waals surface area contributed by atoms with Crippen molar-refractivity contribution < 1.29 is 13.9 Å². The van der Waals surface area contributed by atoms with Gasteiger partial charge < -0.3 is 9.15 Å². The van der Waals surface area contributed by atoms with Crippen molar-refractivity contribution in [3.8, 4) is 5.75 Å². The van der Waals surface area contributed by atoms with Crippen LogP contribution in [-0.4, -0.2) is 23.2 Å². The SMILES string of the molecule is CCc1ccc2oc3c(c(=O)c2c1)C(c1ccc(OC)cc1)N(c1nnc(CC)s1)C3=O. The predicted molar refractivity (Wildman–Crippen MR) is 123 cm³/mol. The van der Waals surface area contributed by atoms with E-state index >= 15 is 0 Å². The van der Waals surface area contributed by atoms with Crippen LogP contribution in [0.3, 0.4) is 0 Å². The maximum absolute atomic E-state index is 13.7. The number of nitrogens with zero attached hydrogens (tertiary/aromatic N) is 3. The highest BCUT2D eigenvalue weighted by atomic mass is 32.1. The van der Waals surface area contributed by atoms with E-state index in [4.69, 9.17) is 9.15 Å². The highest BCUT2D eigenvalue weighted by Gasteiger charge is 2.45. The van der Waals surface area contributed by atoms with Crippen LogP contribution in [0.2, 0.25) is 0 Å². The Hall–Kier alpha value is -3.52. The van der Waals surface area contributed by atoms with Gasteiger partial charge in [-0.25, -0.2) is 0 Å². The van der Waals surface area contributed by atoms with Gasteiger partial charge in [0.05, 0.1) is 24.1 Å². The number of anilines is 1. The van der Waals surface area contributed by atoms with Gasteiger partial charge in [-0.1, -0.05) is 43.4 Å². The van der Waals surface area contributed by atoms with E-state index in [2.05, 4.69) is 10.2 Å². The first-order valence-corrected chi connectivity index (χ1v) is 11.3. The lowest BCUT2D eigenvalue weighted by atomic mass is 9.98. The Morgan fingerprint density at radius 1 is 1.06 bits per heavy atom. The highest BCUT2D eigenvalue weighted by molar-refractivity contribution is 7.15. The number of benzene rings is 2. The minimum Gasteiger partial charge on any atom is -0.497 e.